The fraction of sp³-hybridized carbons (Fsp3) is 0.500. The van der Waals surface area contributed by atoms with Crippen LogP contribution in [0, 0.1) is 0 Å². The maximum absolute atomic E-state index is 11.8. The van der Waals surface area contributed by atoms with E-state index in [-0.39, 0.29) is 11.9 Å². The summed E-state index contributed by atoms with van der Waals surface area (Å²) >= 11 is 0. The predicted octanol–water partition coefficient (Wildman–Crippen LogP) is 1.76. The highest BCUT2D eigenvalue weighted by molar-refractivity contribution is 5.97. The molecule has 3 heteroatoms. The van der Waals surface area contributed by atoms with Crippen LogP contribution in [0.2, 0.25) is 0 Å². The highest BCUT2D eigenvalue weighted by Crippen LogP contribution is 2.18. The van der Waals surface area contributed by atoms with Crippen LogP contribution < -0.4 is 5.32 Å². The van der Waals surface area contributed by atoms with E-state index >= 15 is 0 Å². The van der Waals surface area contributed by atoms with E-state index in [1.807, 2.05) is 30.3 Å². The zero-order valence-electron chi connectivity index (χ0n) is 9.93. The molecule has 0 amide bonds. The molecule has 0 radical (unpaired) electrons. The van der Waals surface area contributed by atoms with E-state index in [1.54, 1.807) is 0 Å². The molecule has 0 aliphatic heterocycles. The molecule has 2 rings (SSSR count). The Bertz CT molecular complexity index is 356. The maximum Gasteiger partial charge on any atom is 0.176 e. The summed E-state index contributed by atoms with van der Waals surface area (Å²) < 4.78 is 0. The molecule has 1 saturated carbocycles. The van der Waals surface area contributed by atoms with Crippen molar-refractivity contribution in [2.24, 2.45) is 0 Å². The lowest BCUT2D eigenvalue weighted by Gasteiger charge is -2.26. The zero-order chi connectivity index (χ0) is 12.1. The van der Waals surface area contributed by atoms with Crippen LogP contribution >= 0.6 is 0 Å². The number of carbonyl (C=O) groups excluding carboxylic acids is 1. The number of Topliss-reactive ketones (excluding diaryl/α,β-unsaturated/α-hetero) is 1. The molecule has 2 N–H and O–H groups in total. The normalized spacial score (nSPS) is 24.5. The van der Waals surface area contributed by atoms with Gasteiger partial charge in [-0.2, -0.15) is 0 Å². The number of hydrogen-bond donors (Lipinski definition) is 2. The highest BCUT2D eigenvalue weighted by atomic mass is 16.3. The molecule has 1 aromatic carbocycles. The summed E-state index contributed by atoms with van der Waals surface area (Å²) in [6.07, 6.45) is 3.47. The number of benzene rings is 1. The maximum atomic E-state index is 11.8. The van der Waals surface area contributed by atoms with Gasteiger partial charge in [-0.1, -0.05) is 30.3 Å². The third-order valence-corrected chi connectivity index (χ3v) is 3.34. The van der Waals surface area contributed by atoms with Crippen molar-refractivity contribution < 1.29 is 9.90 Å². The minimum Gasteiger partial charge on any atom is -0.393 e. The first-order valence-corrected chi connectivity index (χ1v) is 6.25. The van der Waals surface area contributed by atoms with Crippen LogP contribution in [0.3, 0.4) is 0 Å². The SMILES string of the molecule is O=C(CNC1CCC(O)CC1)c1ccccc1. The first-order valence-electron chi connectivity index (χ1n) is 6.25. The summed E-state index contributed by atoms with van der Waals surface area (Å²) in [5, 5.41) is 12.7. The quantitative estimate of drug-likeness (QED) is 0.779. The van der Waals surface area contributed by atoms with Gasteiger partial charge in [-0.15, -0.1) is 0 Å². The Morgan fingerprint density at radius 3 is 2.47 bits per heavy atom. The number of carbonyl (C=O) groups is 1. The Morgan fingerprint density at radius 1 is 1.18 bits per heavy atom. The number of nitrogens with one attached hydrogen (secondary N) is 1. The van der Waals surface area contributed by atoms with Crippen LogP contribution in [0.1, 0.15) is 36.0 Å². The zero-order valence-corrected chi connectivity index (χ0v) is 9.93. The lowest BCUT2D eigenvalue weighted by molar-refractivity contribution is 0.0964. The molecule has 92 valence electrons. The van der Waals surface area contributed by atoms with Crippen molar-refractivity contribution in [3.8, 4) is 0 Å². The molecule has 0 atom stereocenters. The first kappa shape index (κ1) is 12.3. The molecular formula is C14H19NO2. The Labute approximate surface area is 102 Å². The van der Waals surface area contributed by atoms with Crippen molar-refractivity contribution in [3.05, 3.63) is 35.9 Å². The van der Waals surface area contributed by atoms with Crippen LogP contribution in [0.25, 0.3) is 0 Å². The van der Waals surface area contributed by atoms with E-state index in [2.05, 4.69) is 5.32 Å². The van der Waals surface area contributed by atoms with Crippen LogP contribution in [0.15, 0.2) is 30.3 Å². The van der Waals surface area contributed by atoms with E-state index in [0.29, 0.717) is 12.6 Å². The Morgan fingerprint density at radius 2 is 1.82 bits per heavy atom. The Hall–Kier alpha value is -1.19. The second kappa shape index (κ2) is 5.94. The van der Waals surface area contributed by atoms with Gasteiger partial charge in [-0.3, -0.25) is 4.79 Å². The van der Waals surface area contributed by atoms with Crippen LogP contribution in [-0.2, 0) is 0 Å². The van der Waals surface area contributed by atoms with Gasteiger partial charge in [0.25, 0.3) is 0 Å². The van der Waals surface area contributed by atoms with Crippen molar-refractivity contribution in [2.75, 3.05) is 6.54 Å². The average molecular weight is 233 g/mol. The van der Waals surface area contributed by atoms with E-state index < -0.39 is 0 Å². The molecule has 0 spiro atoms. The Balaban J connectivity index is 1.77. The van der Waals surface area contributed by atoms with Gasteiger partial charge in [-0.05, 0) is 25.7 Å². The second-order valence-corrected chi connectivity index (χ2v) is 4.68. The molecule has 1 fully saturated rings. The van der Waals surface area contributed by atoms with Gasteiger partial charge in [0.05, 0.1) is 12.6 Å². The number of aliphatic hydroxyl groups excluding tert-OH is 1. The van der Waals surface area contributed by atoms with Gasteiger partial charge in [0.2, 0.25) is 0 Å². The molecule has 0 bridgehead atoms. The number of hydrogen-bond acceptors (Lipinski definition) is 3. The van der Waals surface area contributed by atoms with E-state index in [0.717, 1.165) is 31.2 Å². The van der Waals surface area contributed by atoms with E-state index in [4.69, 9.17) is 0 Å². The summed E-state index contributed by atoms with van der Waals surface area (Å²) in [4.78, 5) is 11.8. The minimum absolute atomic E-state index is 0.136. The molecule has 0 saturated heterocycles. The number of rotatable bonds is 4. The third-order valence-electron chi connectivity index (χ3n) is 3.34. The summed E-state index contributed by atoms with van der Waals surface area (Å²) in [6, 6.07) is 9.73. The summed E-state index contributed by atoms with van der Waals surface area (Å²) in [6.45, 7) is 0.394. The third kappa shape index (κ3) is 3.65. The van der Waals surface area contributed by atoms with Gasteiger partial charge in [0, 0.05) is 11.6 Å². The molecule has 1 aliphatic carbocycles. The fourth-order valence-electron chi connectivity index (χ4n) is 2.24. The van der Waals surface area contributed by atoms with Gasteiger partial charge in [0.1, 0.15) is 0 Å². The summed E-state index contributed by atoms with van der Waals surface area (Å²) in [5.41, 5.74) is 0.760. The van der Waals surface area contributed by atoms with Crippen molar-refractivity contribution in [2.45, 2.75) is 37.8 Å². The fourth-order valence-corrected chi connectivity index (χ4v) is 2.24. The molecule has 0 heterocycles. The molecule has 1 aliphatic rings. The molecular weight excluding hydrogens is 214 g/mol. The summed E-state index contributed by atoms with van der Waals surface area (Å²) in [7, 11) is 0. The van der Waals surface area contributed by atoms with Crippen LogP contribution in [0.4, 0.5) is 0 Å². The Kier molecular flexibility index (Phi) is 4.29. The predicted molar refractivity (Wildman–Crippen MR) is 67.0 cm³/mol. The van der Waals surface area contributed by atoms with Gasteiger partial charge >= 0.3 is 0 Å². The van der Waals surface area contributed by atoms with Crippen molar-refractivity contribution in [1.29, 1.82) is 0 Å². The standard InChI is InChI=1S/C14H19NO2/c16-13-8-6-12(7-9-13)15-10-14(17)11-4-2-1-3-5-11/h1-5,12-13,15-16H,6-10H2. The molecule has 3 nitrogen and oxygen atoms in total. The van der Waals surface area contributed by atoms with Crippen LogP contribution in [0.5, 0.6) is 0 Å². The number of aliphatic hydroxyl groups is 1. The van der Waals surface area contributed by atoms with Crippen LogP contribution in [-0.4, -0.2) is 29.6 Å². The molecule has 17 heavy (non-hydrogen) atoms. The first-order chi connectivity index (χ1) is 8.25. The molecule has 1 aromatic rings. The average Bonchev–Trinajstić information content (AvgIpc) is 2.39. The molecule has 0 unspecified atom stereocenters. The monoisotopic (exact) mass is 233 g/mol. The highest BCUT2D eigenvalue weighted by Gasteiger charge is 2.19. The largest absolute Gasteiger partial charge is 0.393 e. The molecule has 0 aromatic heterocycles. The van der Waals surface area contributed by atoms with E-state index in [1.165, 1.54) is 0 Å². The van der Waals surface area contributed by atoms with Gasteiger partial charge in [0.15, 0.2) is 5.78 Å². The minimum atomic E-state index is -0.141. The number of ketones is 1. The van der Waals surface area contributed by atoms with Crippen molar-refractivity contribution in [3.63, 3.8) is 0 Å². The van der Waals surface area contributed by atoms with Gasteiger partial charge in [-0.25, -0.2) is 0 Å². The second-order valence-electron chi connectivity index (χ2n) is 4.68. The van der Waals surface area contributed by atoms with E-state index in [9.17, 15) is 9.90 Å². The van der Waals surface area contributed by atoms with Crippen molar-refractivity contribution >= 4 is 5.78 Å². The topological polar surface area (TPSA) is 49.3 Å². The van der Waals surface area contributed by atoms with Gasteiger partial charge < -0.3 is 10.4 Å². The smallest absolute Gasteiger partial charge is 0.176 e. The lowest BCUT2D eigenvalue weighted by Crippen LogP contribution is -2.37. The van der Waals surface area contributed by atoms with Crippen molar-refractivity contribution in [1.82, 2.24) is 5.32 Å². The summed E-state index contributed by atoms with van der Waals surface area (Å²) in [5.74, 6) is 0.136. The lowest BCUT2D eigenvalue weighted by atomic mass is 9.93.